The van der Waals surface area contributed by atoms with Crippen molar-refractivity contribution in [3.05, 3.63) is 0 Å². The zero-order valence-electron chi connectivity index (χ0n) is 10.3. The molecule has 0 bridgehead atoms. The van der Waals surface area contributed by atoms with Gasteiger partial charge in [0.25, 0.3) is 0 Å². The summed E-state index contributed by atoms with van der Waals surface area (Å²) >= 11 is 0. The summed E-state index contributed by atoms with van der Waals surface area (Å²) in [5, 5.41) is 4.51. The maximum Gasteiger partial charge on any atom is 0.316 e. The molecule has 18 heavy (non-hydrogen) atoms. The number of aliphatic imine (C=N–C) groups is 1. The Morgan fingerprint density at radius 1 is 1.22 bits per heavy atom. The van der Waals surface area contributed by atoms with Crippen LogP contribution in [0.5, 0.6) is 0 Å². The first-order valence-electron chi connectivity index (χ1n) is 5.46. The summed E-state index contributed by atoms with van der Waals surface area (Å²) in [6.45, 7) is 2.84. The maximum absolute atomic E-state index is 11.3. The first-order chi connectivity index (χ1) is 8.34. The molecule has 0 unspecified atom stereocenters. The number of sulfonamides is 1. The van der Waals surface area contributed by atoms with Crippen molar-refractivity contribution < 1.29 is 18.0 Å². The minimum Gasteiger partial charge on any atom is -0.288 e. The van der Waals surface area contributed by atoms with Gasteiger partial charge in [0.1, 0.15) is 0 Å². The molecule has 9 heteroatoms. The normalized spacial score (nSPS) is 15.8. The second-order valence-electron chi connectivity index (χ2n) is 3.75. The van der Waals surface area contributed by atoms with Gasteiger partial charge in [0.15, 0.2) is 0 Å². The molecule has 1 heterocycles. The summed E-state index contributed by atoms with van der Waals surface area (Å²) < 4.78 is 23.9. The summed E-state index contributed by atoms with van der Waals surface area (Å²) in [7, 11) is -3.19. The lowest BCUT2D eigenvalue weighted by Gasteiger charge is -2.16. The van der Waals surface area contributed by atoms with Crippen molar-refractivity contribution in [3.63, 3.8) is 0 Å². The highest BCUT2D eigenvalue weighted by atomic mass is 32.2. The van der Waals surface area contributed by atoms with Crippen molar-refractivity contribution in [3.8, 4) is 0 Å². The topological polar surface area (TPSA) is 108 Å². The second-order valence-corrected chi connectivity index (χ2v) is 5.73. The van der Waals surface area contributed by atoms with Gasteiger partial charge in [-0.15, -0.1) is 0 Å². The monoisotopic (exact) mass is 276 g/mol. The van der Waals surface area contributed by atoms with E-state index in [1.54, 1.807) is 6.92 Å². The van der Waals surface area contributed by atoms with Gasteiger partial charge in [-0.2, -0.15) is 0 Å². The third kappa shape index (κ3) is 4.08. The van der Waals surface area contributed by atoms with Gasteiger partial charge in [-0.1, -0.05) is 6.92 Å². The van der Waals surface area contributed by atoms with E-state index in [0.717, 1.165) is 6.26 Å². The van der Waals surface area contributed by atoms with Gasteiger partial charge in [0.05, 0.1) is 6.26 Å². The summed E-state index contributed by atoms with van der Waals surface area (Å²) in [5.74, 6) is -1.35. The minimum atomic E-state index is -3.19. The molecule has 1 aliphatic heterocycles. The second kappa shape index (κ2) is 5.91. The van der Waals surface area contributed by atoms with E-state index in [1.165, 1.54) is 4.31 Å². The van der Waals surface area contributed by atoms with Gasteiger partial charge in [0, 0.05) is 19.6 Å². The molecule has 0 saturated carbocycles. The van der Waals surface area contributed by atoms with Crippen molar-refractivity contribution >= 4 is 27.8 Å². The van der Waals surface area contributed by atoms with Gasteiger partial charge in [-0.3, -0.25) is 25.2 Å². The Bertz CT molecular complexity index is 453. The number of carbonyl (C=O) groups is 2. The maximum atomic E-state index is 11.3. The summed E-state index contributed by atoms with van der Waals surface area (Å²) in [5.41, 5.74) is 0. The third-order valence-electron chi connectivity index (χ3n) is 2.33. The molecule has 0 aromatic carbocycles. The van der Waals surface area contributed by atoms with Gasteiger partial charge >= 0.3 is 11.8 Å². The molecule has 2 amide bonds. The lowest BCUT2D eigenvalue weighted by molar-refractivity contribution is -0.135. The molecule has 0 aliphatic carbocycles. The average Bonchev–Trinajstić information content (AvgIpc) is 2.56. The number of hydrogen-bond donors (Lipinski definition) is 2. The van der Waals surface area contributed by atoms with E-state index in [4.69, 9.17) is 0 Å². The quantitative estimate of drug-likeness (QED) is 0.443. The first kappa shape index (κ1) is 14.6. The zero-order valence-corrected chi connectivity index (χ0v) is 11.1. The molecule has 0 spiro atoms. The first-order valence-corrected chi connectivity index (χ1v) is 7.31. The molecule has 0 aromatic heterocycles. The van der Waals surface area contributed by atoms with Crippen LogP contribution in [0.25, 0.3) is 0 Å². The van der Waals surface area contributed by atoms with E-state index in [-0.39, 0.29) is 5.96 Å². The van der Waals surface area contributed by atoms with Gasteiger partial charge in [0.2, 0.25) is 16.0 Å². The smallest absolute Gasteiger partial charge is 0.288 e. The van der Waals surface area contributed by atoms with Crippen molar-refractivity contribution in [1.82, 2.24) is 14.9 Å². The van der Waals surface area contributed by atoms with Gasteiger partial charge < -0.3 is 0 Å². The summed E-state index contributed by atoms with van der Waals surface area (Å²) in [6, 6.07) is 0. The number of amides is 2. The van der Waals surface area contributed by atoms with Crippen LogP contribution < -0.4 is 10.6 Å². The summed E-state index contributed by atoms with van der Waals surface area (Å²) in [6.07, 6.45) is 1.66. The molecule has 0 radical (unpaired) electrons. The number of rotatable bonds is 6. The van der Waals surface area contributed by atoms with Crippen molar-refractivity contribution in [2.75, 3.05) is 25.9 Å². The fraction of sp³-hybridized carbons (Fsp3) is 0.667. The average molecular weight is 276 g/mol. The Kier molecular flexibility index (Phi) is 4.79. The largest absolute Gasteiger partial charge is 0.316 e. The molecular formula is C9H16N4O4S. The van der Waals surface area contributed by atoms with Crippen molar-refractivity contribution in [2.45, 2.75) is 13.3 Å². The molecule has 0 atom stereocenters. The molecular weight excluding hydrogens is 260 g/mol. The number of nitrogens with zero attached hydrogens (tertiary/aromatic N) is 2. The Morgan fingerprint density at radius 2 is 1.78 bits per heavy atom. The fourth-order valence-electron chi connectivity index (χ4n) is 1.44. The van der Waals surface area contributed by atoms with E-state index in [1.807, 2.05) is 0 Å². The molecule has 1 saturated heterocycles. The van der Waals surface area contributed by atoms with Crippen LogP contribution in [-0.2, 0) is 19.6 Å². The van der Waals surface area contributed by atoms with Crippen LogP contribution >= 0.6 is 0 Å². The van der Waals surface area contributed by atoms with Crippen LogP contribution in [0.4, 0.5) is 0 Å². The third-order valence-corrected chi connectivity index (χ3v) is 3.71. The van der Waals surface area contributed by atoms with E-state index >= 15 is 0 Å². The molecule has 2 N–H and O–H groups in total. The SMILES string of the molecule is CCN(CCCN=C1NC(=O)C(=O)N1)S(C)(=O)=O. The van der Waals surface area contributed by atoms with E-state index in [2.05, 4.69) is 15.6 Å². The van der Waals surface area contributed by atoms with Crippen LogP contribution in [0.15, 0.2) is 4.99 Å². The van der Waals surface area contributed by atoms with Crippen LogP contribution in [0.2, 0.25) is 0 Å². The van der Waals surface area contributed by atoms with Crippen LogP contribution in [0.1, 0.15) is 13.3 Å². The molecule has 1 aliphatic rings. The van der Waals surface area contributed by atoms with Crippen LogP contribution in [-0.4, -0.2) is 56.4 Å². The van der Waals surface area contributed by atoms with E-state index in [9.17, 15) is 18.0 Å². The Morgan fingerprint density at radius 3 is 2.22 bits per heavy atom. The van der Waals surface area contributed by atoms with Crippen molar-refractivity contribution in [2.24, 2.45) is 4.99 Å². The predicted molar refractivity (Wildman–Crippen MR) is 65.3 cm³/mol. The molecule has 1 fully saturated rings. The van der Waals surface area contributed by atoms with E-state index in [0.29, 0.717) is 26.1 Å². The highest BCUT2D eigenvalue weighted by Crippen LogP contribution is 1.99. The highest BCUT2D eigenvalue weighted by Gasteiger charge is 2.24. The number of hydrogen-bond acceptors (Lipinski definition) is 5. The van der Waals surface area contributed by atoms with Crippen molar-refractivity contribution in [1.29, 1.82) is 0 Å². The Labute approximate surface area is 105 Å². The minimum absolute atomic E-state index is 0.118. The number of nitrogens with one attached hydrogen (secondary N) is 2. The molecule has 1 rings (SSSR count). The summed E-state index contributed by atoms with van der Waals surface area (Å²) in [4.78, 5) is 25.6. The zero-order chi connectivity index (χ0) is 13.8. The van der Waals surface area contributed by atoms with Gasteiger partial charge in [-0.05, 0) is 6.42 Å². The lowest BCUT2D eigenvalue weighted by atomic mass is 10.4. The highest BCUT2D eigenvalue weighted by molar-refractivity contribution is 7.88. The van der Waals surface area contributed by atoms with Gasteiger partial charge in [-0.25, -0.2) is 12.7 Å². The fourth-order valence-corrected chi connectivity index (χ4v) is 2.37. The van der Waals surface area contributed by atoms with Crippen LogP contribution in [0.3, 0.4) is 0 Å². The lowest BCUT2D eigenvalue weighted by Crippen LogP contribution is -2.31. The molecule has 102 valence electrons. The molecule has 0 aromatic rings. The number of guanidine groups is 1. The Balaban J connectivity index is 2.37. The van der Waals surface area contributed by atoms with Crippen LogP contribution in [0, 0.1) is 0 Å². The Hall–Kier alpha value is -1.48. The number of carbonyl (C=O) groups excluding carboxylic acids is 2. The standard InChI is InChI=1S/C9H16N4O4S/c1-3-13(18(2,16)17)6-4-5-10-9-11-7(14)8(15)12-9/h3-6H2,1-2H3,(H2,10,11,12,14,15). The predicted octanol–water partition coefficient (Wildman–Crippen LogP) is -1.74. The van der Waals surface area contributed by atoms with E-state index < -0.39 is 21.8 Å². The molecule has 8 nitrogen and oxygen atoms in total.